The van der Waals surface area contributed by atoms with Crippen LogP contribution in [0.2, 0.25) is 0 Å². The van der Waals surface area contributed by atoms with Gasteiger partial charge in [0.15, 0.2) is 0 Å². The van der Waals surface area contributed by atoms with Crippen LogP contribution in [0, 0.1) is 5.82 Å². The van der Waals surface area contributed by atoms with E-state index in [0.29, 0.717) is 12.2 Å². The highest BCUT2D eigenvalue weighted by Crippen LogP contribution is 2.14. The summed E-state index contributed by atoms with van der Waals surface area (Å²) in [6.07, 6.45) is 0. The quantitative estimate of drug-likeness (QED) is 0.847. The van der Waals surface area contributed by atoms with Crippen LogP contribution in [0.5, 0.6) is 0 Å². The molecule has 0 radical (unpaired) electrons. The summed E-state index contributed by atoms with van der Waals surface area (Å²) in [5, 5.41) is 2.61. The molecule has 2 amide bonds. The van der Waals surface area contributed by atoms with E-state index in [-0.39, 0.29) is 11.8 Å². The summed E-state index contributed by atoms with van der Waals surface area (Å²) in [7, 11) is 1.65. The summed E-state index contributed by atoms with van der Waals surface area (Å²) in [4.78, 5) is 13.4. The third-order valence-corrected chi connectivity index (χ3v) is 2.79. The summed E-state index contributed by atoms with van der Waals surface area (Å²) in [6.45, 7) is 4.07. The maximum Gasteiger partial charge on any atom is 0.322 e. The Morgan fingerprint density at radius 1 is 1.53 bits per heavy atom. The predicted octanol–water partition coefficient (Wildman–Crippen LogP) is 2.03. The second-order valence-electron chi connectivity index (χ2n) is 4.52. The van der Waals surface area contributed by atoms with Gasteiger partial charge in [0.05, 0.1) is 5.54 Å². The van der Waals surface area contributed by atoms with Crippen molar-refractivity contribution in [3.05, 3.63) is 30.1 Å². The zero-order valence-corrected chi connectivity index (χ0v) is 10.3. The summed E-state index contributed by atoms with van der Waals surface area (Å²) in [6, 6.07) is 5.44. The molecule has 0 saturated heterocycles. The number of anilines is 1. The number of nitrogens with two attached hydrogens (primary N) is 1. The van der Waals surface area contributed by atoms with E-state index in [9.17, 15) is 9.18 Å². The fourth-order valence-corrected chi connectivity index (χ4v) is 1.19. The number of carbonyl (C=O) groups is 1. The van der Waals surface area contributed by atoms with Crippen molar-refractivity contribution in [2.24, 2.45) is 5.73 Å². The number of carbonyl (C=O) groups excluding carboxylic acids is 1. The van der Waals surface area contributed by atoms with E-state index in [1.807, 2.05) is 13.8 Å². The average Bonchev–Trinajstić information content (AvgIpc) is 2.28. The molecule has 0 saturated carbocycles. The molecule has 3 N–H and O–H groups in total. The van der Waals surface area contributed by atoms with Gasteiger partial charge in [-0.1, -0.05) is 6.07 Å². The minimum Gasteiger partial charge on any atom is -0.328 e. The first-order chi connectivity index (χ1) is 7.86. The van der Waals surface area contributed by atoms with E-state index in [2.05, 4.69) is 5.32 Å². The Balaban J connectivity index is 2.73. The number of rotatable bonds is 3. The first-order valence-electron chi connectivity index (χ1n) is 5.37. The molecule has 0 heterocycles. The molecule has 0 bridgehead atoms. The summed E-state index contributed by atoms with van der Waals surface area (Å²) in [5.41, 5.74) is 5.56. The van der Waals surface area contributed by atoms with Gasteiger partial charge in [-0.3, -0.25) is 0 Å². The lowest BCUT2D eigenvalue weighted by molar-refractivity contribution is 0.172. The smallest absolute Gasteiger partial charge is 0.322 e. The zero-order chi connectivity index (χ0) is 13.1. The van der Waals surface area contributed by atoms with Gasteiger partial charge < -0.3 is 16.0 Å². The number of nitrogens with zero attached hydrogens (tertiary/aromatic N) is 1. The topological polar surface area (TPSA) is 58.4 Å². The molecule has 17 heavy (non-hydrogen) atoms. The van der Waals surface area contributed by atoms with Crippen molar-refractivity contribution >= 4 is 11.7 Å². The van der Waals surface area contributed by atoms with Crippen LogP contribution in [0.4, 0.5) is 14.9 Å². The molecule has 1 aromatic carbocycles. The van der Waals surface area contributed by atoms with Gasteiger partial charge in [-0.15, -0.1) is 0 Å². The fraction of sp³-hybridized carbons (Fsp3) is 0.417. The van der Waals surface area contributed by atoms with Crippen LogP contribution >= 0.6 is 0 Å². The highest BCUT2D eigenvalue weighted by atomic mass is 19.1. The van der Waals surface area contributed by atoms with Crippen LogP contribution in [0.3, 0.4) is 0 Å². The summed E-state index contributed by atoms with van der Waals surface area (Å²) in [5.74, 6) is -0.386. The second kappa shape index (κ2) is 5.14. The number of hydrogen-bond acceptors (Lipinski definition) is 2. The number of urea groups is 1. The molecule has 0 aliphatic carbocycles. The number of hydrogen-bond donors (Lipinski definition) is 2. The minimum atomic E-state index is -0.447. The first kappa shape index (κ1) is 13.4. The molecule has 0 atom stereocenters. The van der Waals surface area contributed by atoms with E-state index >= 15 is 0 Å². The molecule has 94 valence electrons. The summed E-state index contributed by atoms with van der Waals surface area (Å²) < 4.78 is 12.9. The van der Waals surface area contributed by atoms with Gasteiger partial charge in [-0.05, 0) is 32.0 Å². The van der Waals surface area contributed by atoms with Crippen molar-refractivity contribution in [3.8, 4) is 0 Å². The van der Waals surface area contributed by atoms with Gasteiger partial charge >= 0.3 is 6.03 Å². The molecule has 0 aliphatic heterocycles. The highest BCUT2D eigenvalue weighted by Gasteiger charge is 2.25. The third kappa shape index (κ3) is 3.42. The Kier molecular flexibility index (Phi) is 4.07. The lowest BCUT2D eigenvalue weighted by Gasteiger charge is -2.34. The maximum atomic E-state index is 12.9. The van der Waals surface area contributed by atoms with Gasteiger partial charge in [-0.25, -0.2) is 9.18 Å². The Morgan fingerprint density at radius 3 is 2.71 bits per heavy atom. The second-order valence-corrected chi connectivity index (χ2v) is 4.52. The highest BCUT2D eigenvalue weighted by molar-refractivity contribution is 5.89. The SMILES string of the molecule is CN(C(=O)Nc1cccc(F)c1)C(C)(C)CN. The van der Waals surface area contributed by atoms with Gasteiger partial charge in [0.2, 0.25) is 0 Å². The molecule has 0 aromatic heterocycles. The molecule has 5 heteroatoms. The van der Waals surface area contributed by atoms with Crippen LogP contribution in [0.25, 0.3) is 0 Å². The Bertz CT molecular complexity index is 406. The van der Waals surface area contributed by atoms with Gasteiger partial charge in [0, 0.05) is 19.3 Å². The van der Waals surface area contributed by atoms with E-state index in [1.165, 1.54) is 17.0 Å². The fourth-order valence-electron chi connectivity index (χ4n) is 1.19. The molecule has 4 nitrogen and oxygen atoms in total. The molecule has 0 fully saturated rings. The Morgan fingerprint density at radius 2 is 2.18 bits per heavy atom. The average molecular weight is 239 g/mol. The van der Waals surface area contributed by atoms with Crippen LogP contribution in [0.1, 0.15) is 13.8 Å². The van der Waals surface area contributed by atoms with Crippen molar-refractivity contribution < 1.29 is 9.18 Å². The Labute approximate surface area is 101 Å². The molecular weight excluding hydrogens is 221 g/mol. The largest absolute Gasteiger partial charge is 0.328 e. The minimum absolute atomic E-state index is 0.314. The standard InChI is InChI=1S/C12H18FN3O/c1-12(2,8-14)16(3)11(17)15-10-6-4-5-9(13)7-10/h4-7H,8,14H2,1-3H3,(H,15,17). The number of amides is 2. The lowest BCUT2D eigenvalue weighted by atomic mass is 10.1. The normalized spacial score (nSPS) is 11.1. The number of likely N-dealkylation sites (N-methyl/N-ethyl adjacent to an activating group) is 1. The number of halogens is 1. The lowest BCUT2D eigenvalue weighted by Crippen LogP contribution is -2.51. The van der Waals surface area contributed by atoms with Crippen molar-refractivity contribution in [1.29, 1.82) is 0 Å². The van der Waals surface area contributed by atoms with Gasteiger partial charge in [0.1, 0.15) is 5.82 Å². The molecular formula is C12H18FN3O. The van der Waals surface area contributed by atoms with Crippen LogP contribution < -0.4 is 11.1 Å². The molecule has 0 unspecified atom stereocenters. The molecule has 1 rings (SSSR count). The summed E-state index contributed by atoms with van der Waals surface area (Å²) >= 11 is 0. The van der Waals surface area contributed by atoms with Crippen molar-refractivity contribution in [2.75, 3.05) is 18.9 Å². The van der Waals surface area contributed by atoms with Crippen molar-refractivity contribution in [3.63, 3.8) is 0 Å². The van der Waals surface area contributed by atoms with Gasteiger partial charge in [0.25, 0.3) is 0 Å². The number of nitrogens with one attached hydrogen (secondary N) is 1. The third-order valence-electron chi connectivity index (χ3n) is 2.79. The zero-order valence-electron chi connectivity index (χ0n) is 10.3. The van der Waals surface area contributed by atoms with Gasteiger partial charge in [-0.2, -0.15) is 0 Å². The Hall–Kier alpha value is -1.62. The van der Waals surface area contributed by atoms with E-state index < -0.39 is 5.54 Å². The van der Waals surface area contributed by atoms with Crippen LogP contribution in [-0.4, -0.2) is 30.1 Å². The van der Waals surface area contributed by atoms with Crippen molar-refractivity contribution in [1.82, 2.24) is 4.90 Å². The van der Waals surface area contributed by atoms with E-state index in [4.69, 9.17) is 5.73 Å². The molecule has 0 aliphatic rings. The van der Waals surface area contributed by atoms with E-state index in [1.54, 1.807) is 19.2 Å². The van der Waals surface area contributed by atoms with E-state index in [0.717, 1.165) is 0 Å². The predicted molar refractivity (Wildman–Crippen MR) is 66.3 cm³/mol. The number of benzene rings is 1. The van der Waals surface area contributed by atoms with Crippen LogP contribution in [0.15, 0.2) is 24.3 Å². The first-order valence-corrected chi connectivity index (χ1v) is 5.37. The molecule has 0 spiro atoms. The van der Waals surface area contributed by atoms with Crippen molar-refractivity contribution in [2.45, 2.75) is 19.4 Å². The van der Waals surface area contributed by atoms with Crippen LogP contribution in [-0.2, 0) is 0 Å². The monoisotopic (exact) mass is 239 g/mol. The molecule has 1 aromatic rings. The maximum absolute atomic E-state index is 12.9.